The molecule has 0 aliphatic heterocycles. The van der Waals surface area contributed by atoms with Crippen molar-refractivity contribution >= 4 is 17.7 Å². The van der Waals surface area contributed by atoms with Gasteiger partial charge >= 0.3 is 6.26 Å². The number of rotatable bonds is 3. The predicted octanol–water partition coefficient (Wildman–Crippen LogP) is 1.85. The van der Waals surface area contributed by atoms with Crippen LogP contribution in [0, 0.1) is 0 Å². The monoisotopic (exact) mass is 145 g/mol. The maximum atomic E-state index is 5.92. The second-order valence-corrected chi connectivity index (χ2v) is 2.88. The van der Waals surface area contributed by atoms with Crippen molar-refractivity contribution in [2.75, 3.05) is 14.1 Å². The van der Waals surface area contributed by atoms with Gasteiger partial charge in [0.05, 0.1) is 0 Å². The van der Waals surface area contributed by atoms with Gasteiger partial charge < -0.3 is 4.81 Å². The number of hydrogen-bond acceptors (Lipinski definition) is 1. The first-order chi connectivity index (χ1) is 4.09. The molecule has 0 N–H and O–H groups in total. The van der Waals surface area contributed by atoms with Crippen LogP contribution in [0.2, 0.25) is 5.82 Å². The van der Waals surface area contributed by atoms with Crippen LogP contribution in [-0.2, 0) is 0 Å². The SMILES string of the molecule is C=CC(C)B(Cl)N(C)C. The summed E-state index contributed by atoms with van der Waals surface area (Å²) in [6, 6.07) is 0. The van der Waals surface area contributed by atoms with E-state index in [1.54, 1.807) is 0 Å². The van der Waals surface area contributed by atoms with Crippen LogP contribution in [0.3, 0.4) is 0 Å². The molecule has 1 atom stereocenters. The molecule has 0 aliphatic rings. The highest BCUT2D eigenvalue weighted by molar-refractivity contribution is 7.06. The van der Waals surface area contributed by atoms with Gasteiger partial charge in [0.25, 0.3) is 0 Å². The van der Waals surface area contributed by atoms with Crippen molar-refractivity contribution in [2.45, 2.75) is 12.7 Å². The first kappa shape index (κ1) is 9.05. The van der Waals surface area contributed by atoms with Gasteiger partial charge in [0.15, 0.2) is 0 Å². The second-order valence-electron chi connectivity index (χ2n) is 2.43. The van der Waals surface area contributed by atoms with E-state index < -0.39 is 0 Å². The van der Waals surface area contributed by atoms with Crippen molar-refractivity contribution in [1.82, 2.24) is 4.81 Å². The zero-order valence-electron chi connectivity index (χ0n) is 6.26. The summed E-state index contributed by atoms with van der Waals surface area (Å²) in [4.78, 5) is 1.97. The lowest BCUT2D eigenvalue weighted by atomic mass is 9.74. The normalized spacial score (nSPS) is 13.4. The Bertz CT molecular complexity index is 95.1. The Kier molecular flexibility index (Phi) is 3.99. The van der Waals surface area contributed by atoms with E-state index >= 15 is 0 Å². The lowest BCUT2D eigenvalue weighted by Gasteiger charge is -2.16. The Balaban J connectivity index is 3.71. The molecule has 3 heteroatoms. The van der Waals surface area contributed by atoms with Crippen molar-refractivity contribution < 1.29 is 0 Å². The van der Waals surface area contributed by atoms with Gasteiger partial charge in [0.1, 0.15) is 0 Å². The van der Waals surface area contributed by atoms with Crippen LogP contribution >= 0.6 is 11.5 Å². The van der Waals surface area contributed by atoms with E-state index in [0.29, 0.717) is 5.82 Å². The molecule has 0 radical (unpaired) electrons. The van der Waals surface area contributed by atoms with E-state index in [4.69, 9.17) is 11.5 Å². The first-order valence-corrected chi connectivity index (χ1v) is 3.46. The highest BCUT2D eigenvalue weighted by atomic mass is 35.5. The topological polar surface area (TPSA) is 3.24 Å². The molecule has 1 unspecified atom stereocenters. The molecule has 0 spiro atoms. The lowest BCUT2D eigenvalue weighted by molar-refractivity contribution is 0.644. The summed E-state index contributed by atoms with van der Waals surface area (Å²) in [6.45, 7) is 5.70. The van der Waals surface area contributed by atoms with E-state index in [-0.39, 0.29) is 6.26 Å². The fraction of sp³-hybridized carbons (Fsp3) is 0.667. The minimum atomic E-state index is 0.0718. The van der Waals surface area contributed by atoms with Crippen LogP contribution in [0.1, 0.15) is 6.92 Å². The van der Waals surface area contributed by atoms with E-state index in [1.807, 2.05) is 31.9 Å². The van der Waals surface area contributed by atoms with Gasteiger partial charge in [-0.1, -0.05) is 13.0 Å². The van der Waals surface area contributed by atoms with Gasteiger partial charge in [-0.05, 0) is 19.9 Å². The van der Waals surface area contributed by atoms with Gasteiger partial charge in [-0.2, -0.15) is 11.5 Å². The summed E-state index contributed by atoms with van der Waals surface area (Å²) >= 11 is 5.92. The highest BCUT2D eigenvalue weighted by Gasteiger charge is 2.18. The smallest absolute Gasteiger partial charge is 0.334 e. The van der Waals surface area contributed by atoms with Gasteiger partial charge in [-0.3, -0.25) is 0 Å². The molecule has 0 aliphatic carbocycles. The molecular weight excluding hydrogens is 132 g/mol. The Labute approximate surface area is 62.7 Å². The molecule has 0 bridgehead atoms. The molecule has 1 nitrogen and oxygen atoms in total. The van der Waals surface area contributed by atoms with Crippen LogP contribution in [0.5, 0.6) is 0 Å². The minimum absolute atomic E-state index is 0.0718. The zero-order chi connectivity index (χ0) is 7.44. The van der Waals surface area contributed by atoms with Crippen LogP contribution in [0.25, 0.3) is 0 Å². The Morgan fingerprint density at radius 1 is 1.67 bits per heavy atom. The van der Waals surface area contributed by atoms with Crippen molar-refractivity contribution in [3.05, 3.63) is 12.7 Å². The molecule has 52 valence electrons. The summed E-state index contributed by atoms with van der Waals surface area (Å²) in [7, 11) is 3.91. The summed E-state index contributed by atoms with van der Waals surface area (Å²) in [5.74, 6) is 0.349. The van der Waals surface area contributed by atoms with Crippen LogP contribution < -0.4 is 0 Å². The van der Waals surface area contributed by atoms with Crippen molar-refractivity contribution in [3.8, 4) is 0 Å². The zero-order valence-corrected chi connectivity index (χ0v) is 7.02. The third kappa shape index (κ3) is 2.92. The van der Waals surface area contributed by atoms with Crippen LogP contribution in [0.15, 0.2) is 12.7 Å². The average Bonchev–Trinajstić information content (AvgIpc) is 1.84. The summed E-state index contributed by atoms with van der Waals surface area (Å²) in [6.07, 6.45) is 1.93. The van der Waals surface area contributed by atoms with Crippen LogP contribution in [-0.4, -0.2) is 25.2 Å². The molecular formula is C6H13BClN. The number of nitrogens with zero attached hydrogens (tertiary/aromatic N) is 1. The Morgan fingerprint density at radius 2 is 2.11 bits per heavy atom. The van der Waals surface area contributed by atoms with E-state index in [1.165, 1.54) is 0 Å². The standard InChI is InChI=1S/C6H13BClN/c1-5-6(2)7(8)9(3)4/h5-6H,1H2,2-4H3. The third-order valence-electron chi connectivity index (χ3n) is 1.30. The molecule has 0 rings (SSSR count). The maximum absolute atomic E-state index is 5.92. The minimum Gasteiger partial charge on any atom is -0.334 e. The molecule has 0 saturated carbocycles. The molecule has 0 heterocycles. The molecule has 0 aromatic heterocycles. The quantitative estimate of drug-likeness (QED) is 0.433. The molecule has 0 aromatic carbocycles. The van der Waals surface area contributed by atoms with Crippen molar-refractivity contribution in [3.63, 3.8) is 0 Å². The van der Waals surface area contributed by atoms with Gasteiger partial charge in [0, 0.05) is 0 Å². The van der Waals surface area contributed by atoms with E-state index in [0.717, 1.165) is 0 Å². The first-order valence-electron chi connectivity index (χ1n) is 3.02. The highest BCUT2D eigenvalue weighted by Crippen LogP contribution is 2.14. The van der Waals surface area contributed by atoms with Crippen molar-refractivity contribution in [2.24, 2.45) is 0 Å². The molecule has 0 fully saturated rings. The molecule has 0 aromatic rings. The summed E-state index contributed by atoms with van der Waals surface area (Å²) < 4.78 is 0. The third-order valence-corrected chi connectivity index (χ3v) is 2.09. The maximum Gasteiger partial charge on any atom is 0.337 e. The number of halogens is 1. The lowest BCUT2D eigenvalue weighted by Crippen LogP contribution is -2.30. The van der Waals surface area contributed by atoms with Crippen molar-refractivity contribution in [1.29, 1.82) is 0 Å². The van der Waals surface area contributed by atoms with E-state index in [2.05, 4.69) is 6.58 Å². The van der Waals surface area contributed by atoms with Gasteiger partial charge in [0.2, 0.25) is 0 Å². The fourth-order valence-electron chi connectivity index (χ4n) is 0.583. The molecule has 9 heavy (non-hydrogen) atoms. The second kappa shape index (κ2) is 3.97. The Hall–Kier alpha value is 0.0549. The predicted molar refractivity (Wildman–Crippen MR) is 44.9 cm³/mol. The van der Waals surface area contributed by atoms with Crippen LogP contribution in [0.4, 0.5) is 0 Å². The summed E-state index contributed by atoms with van der Waals surface area (Å²) in [5.41, 5.74) is 0. The van der Waals surface area contributed by atoms with Gasteiger partial charge in [-0.25, -0.2) is 0 Å². The molecule has 0 amide bonds. The van der Waals surface area contributed by atoms with E-state index in [9.17, 15) is 0 Å². The Morgan fingerprint density at radius 3 is 2.22 bits per heavy atom. The number of hydrogen-bond donors (Lipinski definition) is 0. The fourth-order valence-corrected chi connectivity index (χ4v) is 0.685. The van der Waals surface area contributed by atoms with Gasteiger partial charge in [-0.15, -0.1) is 6.58 Å². The number of allylic oxidation sites excluding steroid dienone is 1. The largest absolute Gasteiger partial charge is 0.337 e. The average molecular weight is 145 g/mol. The molecule has 0 saturated heterocycles. The summed E-state index contributed by atoms with van der Waals surface area (Å²) in [5, 5.41) is 0.